The summed E-state index contributed by atoms with van der Waals surface area (Å²) in [6.45, 7) is 3.32. The molecule has 0 aromatic heterocycles. The highest BCUT2D eigenvalue weighted by Crippen LogP contribution is 2.30. The summed E-state index contributed by atoms with van der Waals surface area (Å²) in [5.74, 6) is -3.03. The third kappa shape index (κ3) is 3.61. The number of anilines is 1. The van der Waals surface area contributed by atoms with Crippen LogP contribution < -0.4 is 10.4 Å². The number of amides is 1. The van der Waals surface area contributed by atoms with Crippen LogP contribution in [0.25, 0.3) is 0 Å². The standard InChI is InChI=1S/C17H19NO4/c1-10-3-8-14(15(9-10)17(21)22)16(20)18-13-6-4-12(5-7-13)11(2)19/h3-7,14-15H,8-9H2,1-2H3,(H,18,20)(H,21,22)/p-1/t14-,15+/m0/s1. The molecule has 0 fully saturated rings. The molecule has 0 saturated heterocycles. The summed E-state index contributed by atoms with van der Waals surface area (Å²) in [5.41, 5.74) is 2.06. The maximum Gasteiger partial charge on any atom is 0.228 e. The number of hydrogen-bond donors (Lipinski definition) is 1. The van der Waals surface area contributed by atoms with Gasteiger partial charge < -0.3 is 15.2 Å². The SMILES string of the molecule is CC(=O)c1ccc(NC(=O)[C@H]2CC=C(C)C[C@H]2C(=O)[O-])cc1. The fourth-order valence-corrected chi connectivity index (χ4v) is 2.63. The predicted octanol–water partition coefficient (Wildman–Crippen LogP) is 1.55. The van der Waals surface area contributed by atoms with Gasteiger partial charge in [-0.05, 0) is 51.0 Å². The highest BCUT2D eigenvalue weighted by atomic mass is 16.4. The van der Waals surface area contributed by atoms with Gasteiger partial charge in [-0.25, -0.2) is 0 Å². The zero-order valence-corrected chi connectivity index (χ0v) is 12.6. The van der Waals surface area contributed by atoms with Crippen LogP contribution in [0.4, 0.5) is 5.69 Å². The number of Topliss-reactive ketones (excluding diaryl/α,β-unsaturated/α-hetero) is 1. The maximum absolute atomic E-state index is 12.3. The minimum Gasteiger partial charge on any atom is -0.550 e. The molecule has 22 heavy (non-hydrogen) atoms. The first-order chi connectivity index (χ1) is 10.4. The molecule has 0 bridgehead atoms. The quantitative estimate of drug-likeness (QED) is 0.675. The van der Waals surface area contributed by atoms with Crippen LogP contribution in [0.5, 0.6) is 0 Å². The molecule has 2 rings (SSSR count). The van der Waals surface area contributed by atoms with Crippen molar-refractivity contribution in [3.05, 3.63) is 41.5 Å². The number of aliphatic carboxylic acids is 1. The Labute approximate surface area is 129 Å². The molecule has 1 N–H and O–H groups in total. The smallest absolute Gasteiger partial charge is 0.228 e. The molecule has 0 spiro atoms. The largest absolute Gasteiger partial charge is 0.550 e. The summed E-state index contributed by atoms with van der Waals surface area (Å²) >= 11 is 0. The molecule has 5 nitrogen and oxygen atoms in total. The van der Waals surface area contributed by atoms with Gasteiger partial charge in [-0.1, -0.05) is 11.6 Å². The molecule has 0 radical (unpaired) electrons. The Balaban J connectivity index is 2.10. The van der Waals surface area contributed by atoms with E-state index in [9.17, 15) is 19.5 Å². The molecule has 1 aromatic rings. The number of hydrogen-bond acceptors (Lipinski definition) is 4. The first kappa shape index (κ1) is 15.9. The summed E-state index contributed by atoms with van der Waals surface area (Å²) in [6, 6.07) is 6.51. The van der Waals surface area contributed by atoms with Crippen molar-refractivity contribution in [1.82, 2.24) is 0 Å². The number of nitrogens with one attached hydrogen (secondary N) is 1. The lowest BCUT2D eigenvalue weighted by Gasteiger charge is -2.30. The van der Waals surface area contributed by atoms with Crippen molar-refractivity contribution in [2.45, 2.75) is 26.7 Å². The van der Waals surface area contributed by atoms with Gasteiger partial charge in [-0.15, -0.1) is 0 Å². The first-order valence-corrected chi connectivity index (χ1v) is 7.17. The van der Waals surface area contributed by atoms with Crippen LogP contribution in [0.3, 0.4) is 0 Å². The van der Waals surface area contributed by atoms with Gasteiger partial charge in [0, 0.05) is 23.1 Å². The predicted molar refractivity (Wildman–Crippen MR) is 80.1 cm³/mol. The van der Waals surface area contributed by atoms with Crippen LogP contribution in [-0.2, 0) is 9.59 Å². The fourth-order valence-electron chi connectivity index (χ4n) is 2.63. The van der Waals surface area contributed by atoms with Crippen LogP contribution in [0.15, 0.2) is 35.9 Å². The van der Waals surface area contributed by atoms with E-state index in [4.69, 9.17) is 0 Å². The molecule has 116 valence electrons. The molecule has 1 aliphatic carbocycles. The van der Waals surface area contributed by atoms with E-state index in [0.717, 1.165) is 5.57 Å². The second kappa shape index (κ2) is 6.56. The van der Waals surface area contributed by atoms with Gasteiger partial charge in [0.25, 0.3) is 0 Å². The van der Waals surface area contributed by atoms with Gasteiger partial charge in [0.15, 0.2) is 5.78 Å². The summed E-state index contributed by atoms with van der Waals surface area (Å²) in [6.07, 6.45) is 2.62. The monoisotopic (exact) mass is 300 g/mol. The normalized spacial score (nSPS) is 20.9. The molecule has 0 saturated carbocycles. The van der Waals surface area contributed by atoms with Crippen molar-refractivity contribution in [3.63, 3.8) is 0 Å². The molecule has 1 aliphatic rings. The lowest BCUT2D eigenvalue weighted by atomic mass is 9.79. The highest BCUT2D eigenvalue weighted by molar-refractivity contribution is 5.97. The van der Waals surface area contributed by atoms with Gasteiger partial charge >= 0.3 is 0 Å². The van der Waals surface area contributed by atoms with E-state index in [1.807, 2.05) is 13.0 Å². The molecule has 1 aromatic carbocycles. The number of carbonyl (C=O) groups excluding carboxylic acids is 3. The molecule has 0 aliphatic heterocycles. The van der Waals surface area contributed by atoms with Crippen LogP contribution in [-0.4, -0.2) is 17.7 Å². The average molecular weight is 300 g/mol. The van der Waals surface area contributed by atoms with E-state index < -0.39 is 17.8 Å². The number of carbonyl (C=O) groups is 3. The van der Waals surface area contributed by atoms with E-state index in [2.05, 4.69) is 5.32 Å². The number of benzene rings is 1. The van der Waals surface area contributed by atoms with E-state index in [-0.39, 0.29) is 11.7 Å². The summed E-state index contributed by atoms with van der Waals surface area (Å²) < 4.78 is 0. The second-order valence-electron chi connectivity index (χ2n) is 5.65. The molecular weight excluding hydrogens is 282 g/mol. The lowest BCUT2D eigenvalue weighted by molar-refractivity contribution is -0.313. The van der Waals surface area contributed by atoms with Crippen LogP contribution in [0, 0.1) is 11.8 Å². The van der Waals surface area contributed by atoms with Crippen molar-refractivity contribution >= 4 is 23.3 Å². The zero-order chi connectivity index (χ0) is 16.3. The Hall–Kier alpha value is -2.43. The second-order valence-corrected chi connectivity index (χ2v) is 5.65. The Kier molecular flexibility index (Phi) is 4.75. The Bertz CT molecular complexity index is 631. The van der Waals surface area contributed by atoms with Crippen LogP contribution in [0.1, 0.15) is 37.0 Å². The third-order valence-corrected chi connectivity index (χ3v) is 3.95. The lowest BCUT2D eigenvalue weighted by Crippen LogP contribution is -2.42. The molecule has 0 unspecified atom stereocenters. The van der Waals surface area contributed by atoms with Gasteiger partial charge in [-0.2, -0.15) is 0 Å². The Morgan fingerprint density at radius 3 is 2.32 bits per heavy atom. The van der Waals surface area contributed by atoms with E-state index in [1.54, 1.807) is 24.3 Å². The Morgan fingerprint density at radius 2 is 1.77 bits per heavy atom. The number of allylic oxidation sites excluding steroid dienone is 2. The minimum absolute atomic E-state index is 0.0530. The fraction of sp³-hybridized carbons (Fsp3) is 0.353. The number of carboxylic acid groups (broad SMARTS) is 1. The average Bonchev–Trinajstić information content (AvgIpc) is 2.47. The number of rotatable bonds is 4. The van der Waals surface area contributed by atoms with E-state index in [0.29, 0.717) is 24.1 Å². The van der Waals surface area contributed by atoms with Crippen molar-refractivity contribution < 1.29 is 19.5 Å². The minimum atomic E-state index is -1.19. The van der Waals surface area contributed by atoms with Gasteiger partial charge in [-0.3, -0.25) is 9.59 Å². The topological polar surface area (TPSA) is 86.3 Å². The zero-order valence-electron chi connectivity index (χ0n) is 12.6. The van der Waals surface area contributed by atoms with Gasteiger partial charge in [0.1, 0.15) is 0 Å². The number of carboxylic acids is 1. The first-order valence-electron chi connectivity index (χ1n) is 7.17. The van der Waals surface area contributed by atoms with E-state index in [1.165, 1.54) is 6.92 Å². The van der Waals surface area contributed by atoms with Crippen LogP contribution >= 0.6 is 0 Å². The highest BCUT2D eigenvalue weighted by Gasteiger charge is 2.31. The number of ketones is 1. The summed E-state index contributed by atoms with van der Waals surface area (Å²) in [5, 5.41) is 13.9. The van der Waals surface area contributed by atoms with Crippen molar-refractivity contribution in [2.75, 3.05) is 5.32 Å². The molecule has 1 amide bonds. The van der Waals surface area contributed by atoms with Crippen molar-refractivity contribution in [3.8, 4) is 0 Å². The maximum atomic E-state index is 12.3. The van der Waals surface area contributed by atoms with Crippen LogP contribution in [0.2, 0.25) is 0 Å². The van der Waals surface area contributed by atoms with Gasteiger partial charge in [0.05, 0.1) is 5.92 Å². The molecule has 0 heterocycles. The third-order valence-electron chi connectivity index (χ3n) is 3.95. The molecular formula is C17H18NO4-. The van der Waals surface area contributed by atoms with E-state index >= 15 is 0 Å². The molecule has 2 atom stereocenters. The van der Waals surface area contributed by atoms with Gasteiger partial charge in [0.2, 0.25) is 5.91 Å². The Morgan fingerprint density at radius 1 is 1.14 bits per heavy atom. The summed E-state index contributed by atoms with van der Waals surface area (Å²) in [4.78, 5) is 34.7. The summed E-state index contributed by atoms with van der Waals surface area (Å²) in [7, 11) is 0. The van der Waals surface area contributed by atoms with Crippen molar-refractivity contribution in [1.29, 1.82) is 0 Å². The molecule has 5 heteroatoms. The van der Waals surface area contributed by atoms with Crippen molar-refractivity contribution in [2.24, 2.45) is 11.8 Å².